The molecule has 1 aliphatic carbocycles. The third-order valence-electron chi connectivity index (χ3n) is 4.49. The largest absolute Gasteiger partial charge is 0.433 e. The molecule has 0 bridgehead atoms. The summed E-state index contributed by atoms with van der Waals surface area (Å²) in [5, 5.41) is 4.01. The summed E-state index contributed by atoms with van der Waals surface area (Å²) in [6.07, 6.45) is 3.57. The van der Waals surface area contributed by atoms with Crippen LogP contribution in [0.1, 0.15) is 34.1 Å². The Kier molecular flexibility index (Phi) is 5.25. The van der Waals surface area contributed by atoms with E-state index in [1.54, 1.807) is 23.5 Å². The van der Waals surface area contributed by atoms with Crippen molar-refractivity contribution in [2.45, 2.75) is 38.3 Å². The fourth-order valence-corrected chi connectivity index (χ4v) is 4.28. The number of anilines is 1. The van der Waals surface area contributed by atoms with Gasteiger partial charge in [0.2, 0.25) is 0 Å². The highest BCUT2D eigenvalue weighted by molar-refractivity contribution is 7.11. The Hall–Kier alpha value is -2.55. The third-order valence-corrected chi connectivity index (χ3v) is 5.71. The molecule has 4 rings (SSSR count). The van der Waals surface area contributed by atoms with Gasteiger partial charge in [-0.1, -0.05) is 0 Å². The highest BCUT2D eigenvalue weighted by atomic mass is 32.1. The number of halogens is 3. The van der Waals surface area contributed by atoms with Crippen LogP contribution in [0, 0.1) is 0 Å². The Morgan fingerprint density at radius 1 is 1.04 bits per heavy atom. The molecule has 1 aliphatic rings. The molecule has 1 N–H and O–H groups in total. The van der Waals surface area contributed by atoms with Gasteiger partial charge in [0.05, 0.1) is 10.7 Å². The van der Waals surface area contributed by atoms with Gasteiger partial charge in [0, 0.05) is 41.9 Å². The normalized spacial score (nSPS) is 14.0. The summed E-state index contributed by atoms with van der Waals surface area (Å²) in [6.45, 7) is 0.455. The fraction of sp³-hybridized carbons (Fsp3) is 0.368. The van der Waals surface area contributed by atoms with Gasteiger partial charge in [-0.15, -0.1) is 11.3 Å². The number of aryl methyl sites for hydroxylation is 2. The maximum Gasteiger partial charge on any atom is 0.433 e. The molecule has 0 spiro atoms. The summed E-state index contributed by atoms with van der Waals surface area (Å²) in [5.41, 5.74) is 0.700. The van der Waals surface area contributed by atoms with Gasteiger partial charge in [-0.2, -0.15) is 13.2 Å². The van der Waals surface area contributed by atoms with Gasteiger partial charge >= 0.3 is 6.18 Å². The molecule has 0 atom stereocenters. The van der Waals surface area contributed by atoms with Crippen molar-refractivity contribution in [1.82, 2.24) is 19.9 Å². The topological polar surface area (TPSA) is 63.6 Å². The van der Waals surface area contributed by atoms with Crippen LogP contribution in [0.2, 0.25) is 0 Å². The molecule has 0 aromatic carbocycles. The molecule has 0 saturated heterocycles. The van der Waals surface area contributed by atoms with E-state index in [-0.39, 0.29) is 11.6 Å². The molecule has 9 heteroatoms. The van der Waals surface area contributed by atoms with Gasteiger partial charge in [0.25, 0.3) is 0 Å². The van der Waals surface area contributed by atoms with Crippen molar-refractivity contribution in [3.63, 3.8) is 0 Å². The van der Waals surface area contributed by atoms with Crippen molar-refractivity contribution in [3.05, 3.63) is 51.9 Å². The van der Waals surface area contributed by atoms with Crippen LogP contribution < -0.4 is 5.32 Å². The van der Waals surface area contributed by atoms with Crippen molar-refractivity contribution in [2.75, 3.05) is 11.9 Å². The molecule has 0 saturated carbocycles. The van der Waals surface area contributed by atoms with Gasteiger partial charge in [-0.25, -0.2) is 15.0 Å². The molecule has 0 radical (unpaired) electrons. The number of nitrogens with zero attached hydrogens (tertiary/aromatic N) is 4. The number of rotatable bonds is 5. The second-order valence-corrected chi connectivity index (χ2v) is 7.73. The van der Waals surface area contributed by atoms with Gasteiger partial charge in [-0.05, 0) is 37.8 Å². The molecule has 5 nitrogen and oxygen atoms in total. The first-order valence-corrected chi connectivity index (χ1v) is 9.89. The molecular weight excluding hydrogens is 387 g/mol. The minimum Gasteiger partial charge on any atom is -0.370 e. The number of pyridine rings is 1. The summed E-state index contributed by atoms with van der Waals surface area (Å²) in [7, 11) is 0. The minimum absolute atomic E-state index is 0.0180. The number of alkyl halides is 3. The molecular formula is C19H18F3N5S. The van der Waals surface area contributed by atoms with E-state index in [0.717, 1.165) is 23.9 Å². The lowest BCUT2D eigenvalue weighted by molar-refractivity contribution is -0.141. The van der Waals surface area contributed by atoms with E-state index in [4.69, 9.17) is 0 Å². The van der Waals surface area contributed by atoms with E-state index in [9.17, 15) is 13.2 Å². The molecule has 3 heterocycles. The number of nitrogens with one attached hydrogen (secondary N) is 1. The van der Waals surface area contributed by atoms with Crippen molar-refractivity contribution in [3.8, 4) is 11.4 Å². The fourth-order valence-electron chi connectivity index (χ4n) is 3.12. The summed E-state index contributed by atoms with van der Waals surface area (Å²) >= 11 is 1.71. The zero-order valence-corrected chi connectivity index (χ0v) is 15.8. The lowest BCUT2D eigenvalue weighted by Crippen LogP contribution is -2.13. The molecule has 28 heavy (non-hydrogen) atoms. The first kappa shape index (κ1) is 18.8. The molecule has 0 fully saturated rings. The number of hydrogen-bond donors (Lipinski definition) is 1. The van der Waals surface area contributed by atoms with Crippen molar-refractivity contribution >= 4 is 17.2 Å². The highest BCUT2D eigenvalue weighted by Gasteiger charge is 2.33. The van der Waals surface area contributed by atoms with Crippen LogP contribution in [0.3, 0.4) is 0 Å². The summed E-state index contributed by atoms with van der Waals surface area (Å²) in [4.78, 5) is 17.8. The Labute approximate surface area is 164 Å². The smallest absolute Gasteiger partial charge is 0.370 e. The minimum atomic E-state index is -4.55. The van der Waals surface area contributed by atoms with E-state index in [1.807, 2.05) is 0 Å². The van der Waals surface area contributed by atoms with Gasteiger partial charge in [0.1, 0.15) is 5.82 Å². The second-order valence-electron chi connectivity index (χ2n) is 6.56. The molecule has 3 aromatic heterocycles. The average molecular weight is 405 g/mol. The monoisotopic (exact) mass is 405 g/mol. The number of thiazole rings is 1. The van der Waals surface area contributed by atoms with E-state index < -0.39 is 11.9 Å². The maximum atomic E-state index is 13.2. The third kappa shape index (κ3) is 4.30. The first-order valence-electron chi connectivity index (χ1n) is 9.07. The van der Waals surface area contributed by atoms with Crippen LogP contribution in [0.4, 0.5) is 19.0 Å². The maximum absolute atomic E-state index is 13.2. The first-order chi connectivity index (χ1) is 13.5. The number of fused-ring (bicyclic) bond motifs is 1. The van der Waals surface area contributed by atoms with Crippen molar-refractivity contribution < 1.29 is 13.2 Å². The van der Waals surface area contributed by atoms with E-state index in [2.05, 4.69) is 25.3 Å². The van der Waals surface area contributed by atoms with Crippen LogP contribution in [-0.4, -0.2) is 26.5 Å². The van der Waals surface area contributed by atoms with Crippen LogP contribution in [0.15, 0.2) is 30.6 Å². The van der Waals surface area contributed by atoms with Crippen LogP contribution in [0.5, 0.6) is 0 Å². The van der Waals surface area contributed by atoms with Crippen LogP contribution in [0.25, 0.3) is 11.4 Å². The summed E-state index contributed by atoms with van der Waals surface area (Å²) < 4.78 is 39.7. The Morgan fingerprint density at radius 2 is 1.82 bits per heavy atom. The zero-order valence-electron chi connectivity index (χ0n) is 15.0. The summed E-state index contributed by atoms with van der Waals surface area (Å²) in [5.74, 6) is 0.167. The summed E-state index contributed by atoms with van der Waals surface area (Å²) in [6, 6.07) is 4.11. The predicted molar refractivity (Wildman–Crippen MR) is 101 cm³/mol. The Bertz CT molecular complexity index is 932. The van der Waals surface area contributed by atoms with Crippen molar-refractivity contribution in [2.24, 2.45) is 0 Å². The van der Waals surface area contributed by atoms with Crippen LogP contribution in [-0.2, 0) is 25.4 Å². The molecule has 146 valence electrons. The van der Waals surface area contributed by atoms with Gasteiger partial charge in [0.15, 0.2) is 11.5 Å². The van der Waals surface area contributed by atoms with Crippen molar-refractivity contribution in [1.29, 1.82) is 0 Å². The second kappa shape index (κ2) is 7.83. The van der Waals surface area contributed by atoms with E-state index in [1.165, 1.54) is 35.8 Å². The highest BCUT2D eigenvalue weighted by Crippen LogP contribution is 2.31. The number of hydrogen-bond acceptors (Lipinski definition) is 6. The van der Waals surface area contributed by atoms with E-state index >= 15 is 0 Å². The molecule has 3 aromatic rings. The quantitative estimate of drug-likeness (QED) is 0.675. The SMILES string of the molecule is FC(F)(F)c1cc(NCCc2nc3c(s2)CCCC3)nc(-c2ccncc2)n1. The standard InChI is InChI=1S/C19H18F3N5S/c20-19(21,22)15-11-16(27-18(26-15)12-5-8-23-9-6-12)24-10-7-17-25-13-3-1-2-4-14(13)28-17/h5-6,8-9,11H,1-4,7,10H2,(H,24,26,27). The average Bonchev–Trinajstić information content (AvgIpc) is 3.10. The van der Waals surface area contributed by atoms with Gasteiger partial charge in [-0.3, -0.25) is 4.98 Å². The predicted octanol–water partition coefficient (Wildman–Crippen LogP) is 4.55. The lowest BCUT2D eigenvalue weighted by atomic mass is 10.0. The van der Waals surface area contributed by atoms with Crippen LogP contribution >= 0.6 is 11.3 Å². The molecule has 0 unspecified atom stereocenters. The van der Waals surface area contributed by atoms with E-state index in [0.29, 0.717) is 18.5 Å². The number of aromatic nitrogens is 4. The van der Waals surface area contributed by atoms with Gasteiger partial charge < -0.3 is 5.32 Å². The molecule has 0 amide bonds. The Morgan fingerprint density at radius 3 is 2.57 bits per heavy atom. The Balaban J connectivity index is 1.51. The zero-order chi connectivity index (χ0) is 19.6. The molecule has 0 aliphatic heterocycles. The lowest BCUT2D eigenvalue weighted by Gasteiger charge is -2.11.